The van der Waals surface area contributed by atoms with E-state index < -0.39 is 5.97 Å². The molecule has 1 saturated carbocycles. The summed E-state index contributed by atoms with van der Waals surface area (Å²) in [4.78, 5) is 22.5. The van der Waals surface area contributed by atoms with E-state index in [1.54, 1.807) is 18.2 Å². The van der Waals surface area contributed by atoms with Gasteiger partial charge in [-0.25, -0.2) is 4.79 Å². The van der Waals surface area contributed by atoms with Crippen LogP contribution in [0.25, 0.3) is 6.08 Å². The third-order valence-electron chi connectivity index (χ3n) is 3.36. The third kappa shape index (κ3) is 3.84. The van der Waals surface area contributed by atoms with Gasteiger partial charge in [-0.15, -0.1) is 0 Å². The summed E-state index contributed by atoms with van der Waals surface area (Å²) in [6.45, 7) is 0. The number of carbonyl (C=O) groups is 2. The smallest absolute Gasteiger partial charge is 0.328 e. The Bertz CT molecular complexity index is 548. The highest BCUT2D eigenvalue weighted by Gasteiger charge is 2.18. The van der Waals surface area contributed by atoms with Crippen molar-refractivity contribution < 1.29 is 14.7 Å². The zero-order valence-corrected chi connectivity index (χ0v) is 11.7. The number of halogens is 1. The fourth-order valence-electron chi connectivity index (χ4n) is 2.30. The molecule has 0 bridgehead atoms. The zero-order chi connectivity index (χ0) is 14.5. The molecule has 0 unspecified atom stereocenters. The van der Waals surface area contributed by atoms with Gasteiger partial charge in [-0.05, 0) is 36.6 Å². The van der Waals surface area contributed by atoms with Crippen LogP contribution in [0.5, 0.6) is 0 Å². The van der Waals surface area contributed by atoms with Gasteiger partial charge in [-0.1, -0.05) is 30.5 Å². The number of hydrogen-bond donors (Lipinski definition) is 2. The van der Waals surface area contributed by atoms with Crippen LogP contribution in [-0.4, -0.2) is 23.0 Å². The van der Waals surface area contributed by atoms with Crippen molar-refractivity contribution in [2.24, 2.45) is 0 Å². The lowest BCUT2D eigenvalue weighted by atomic mass is 10.1. The molecule has 0 saturated heterocycles. The molecule has 0 spiro atoms. The maximum atomic E-state index is 12.0. The molecule has 2 N–H and O–H groups in total. The molecule has 0 heterocycles. The third-order valence-corrected chi connectivity index (χ3v) is 3.69. The SMILES string of the molecule is O=C(O)/C=C/c1ccc(C(=O)NC2CCCC2)cc1Cl. The number of carboxylic acid groups (broad SMARTS) is 1. The molecule has 1 aliphatic carbocycles. The Morgan fingerprint density at radius 2 is 2.00 bits per heavy atom. The summed E-state index contributed by atoms with van der Waals surface area (Å²) in [6, 6.07) is 5.11. The molecule has 0 radical (unpaired) electrons. The summed E-state index contributed by atoms with van der Waals surface area (Å²) in [5.74, 6) is -1.17. The van der Waals surface area contributed by atoms with E-state index in [1.165, 1.54) is 6.08 Å². The molecule has 1 amide bonds. The lowest BCUT2D eigenvalue weighted by Gasteiger charge is -2.12. The van der Waals surface area contributed by atoms with Crippen LogP contribution in [0.3, 0.4) is 0 Å². The van der Waals surface area contributed by atoms with Crippen molar-refractivity contribution >= 4 is 29.6 Å². The normalized spacial score (nSPS) is 15.7. The van der Waals surface area contributed by atoms with E-state index in [1.807, 2.05) is 0 Å². The average Bonchev–Trinajstić information content (AvgIpc) is 2.89. The Morgan fingerprint density at radius 1 is 1.30 bits per heavy atom. The summed E-state index contributed by atoms with van der Waals surface area (Å²) in [5, 5.41) is 11.9. The molecule has 4 nitrogen and oxygen atoms in total. The second kappa shape index (κ2) is 6.57. The molecular weight excluding hydrogens is 278 g/mol. The molecule has 0 aliphatic heterocycles. The van der Waals surface area contributed by atoms with Crippen LogP contribution in [0.1, 0.15) is 41.6 Å². The van der Waals surface area contributed by atoms with Gasteiger partial charge in [0.2, 0.25) is 0 Å². The highest BCUT2D eigenvalue weighted by Crippen LogP contribution is 2.21. The molecule has 1 aromatic rings. The van der Waals surface area contributed by atoms with Crippen molar-refractivity contribution in [3.63, 3.8) is 0 Å². The Balaban J connectivity index is 2.07. The largest absolute Gasteiger partial charge is 0.478 e. The summed E-state index contributed by atoms with van der Waals surface area (Å²) >= 11 is 6.05. The quantitative estimate of drug-likeness (QED) is 0.838. The van der Waals surface area contributed by atoms with Crippen molar-refractivity contribution in [3.8, 4) is 0 Å². The number of hydrogen-bond acceptors (Lipinski definition) is 2. The van der Waals surface area contributed by atoms with Gasteiger partial charge < -0.3 is 10.4 Å². The predicted octanol–water partition coefficient (Wildman–Crippen LogP) is 3.11. The molecule has 106 valence electrons. The lowest BCUT2D eigenvalue weighted by molar-refractivity contribution is -0.131. The zero-order valence-electron chi connectivity index (χ0n) is 10.9. The predicted molar refractivity (Wildman–Crippen MR) is 77.8 cm³/mol. The minimum absolute atomic E-state index is 0.132. The van der Waals surface area contributed by atoms with Crippen LogP contribution in [0.15, 0.2) is 24.3 Å². The van der Waals surface area contributed by atoms with Crippen molar-refractivity contribution in [1.82, 2.24) is 5.32 Å². The molecule has 0 atom stereocenters. The van der Waals surface area contributed by atoms with Crippen LogP contribution >= 0.6 is 11.6 Å². The summed E-state index contributed by atoms with van der Waals surface area (Å²) in [6.07, 6.45) is 6.79. The monoisotopic (exact) mass is 293 g/mol. The fourth-order valence-corrected chi connectivity index (χ4v) is 2.55. The molecule has 5 heteroatoms. The first-order valence-corrected chi connectivity index (χ1v) is 6.95. The van der Waals surface area contributed by atoms with Gasteiger partial charge in [-0.2, -0.15) is 0 Å². The van der Waals surface area contributed by atoms with Gasteiger partial charge in [0.25, 0.3) is 5.91 Å². The topological polar surface area (TPSA) is 66.4 Å². The number of benzene rings is 1. The van der Waals surface area contributed by atoms with E-state index in [0.717, 1.165) is 31.8 Å². The van der Waals surface area contributed by atoms with Gasteiger partial charge in [0.1, 0.15) is 0 Å². The number of carbonyl (C=O) groups excluding carboxylic acids is 1. The number of rotatable bonds is 4. The molecule has 1 fully saturated rings. The van der Waals surface area contributed by atoms with E-state index in [0.29, 0.717) is 16.1 Å². The highest BCUT2D eigenvalue weighted by molar-refractivity contribution is 6.32. The minimum atomic E-state index is -1.04. The van der Waals surface area contributed by atoms with Crippen molar-refractivity contribution in [3.05, 3.63) is 40.4 Å². The maximum absolute atomic E-state index is 12.0. The first kappa shape index (κ1) is 14.6. The minimum Gasteiger partial charge on any atom is -0.478 e. The van der Waals surface area contributed by atoms with Crippen LogP contribution in [0, 0.1) is 0 Å². The van der Waals surface area contributed by atoms with E-state index >= 15 is 0 Å². The molecular formula is C15H16ClNO3. The molecule has 1 aromatic carbocycles. The summed E-state index contributed by atoms with van der Waals surface area (Å²) in [7, 11) is 0. The first-order valence-electron chi connectivity index (χ1n) is 6.57. The molecule has 1 aliphatic rings. The Labute approximate surface area is 122 Å². The Hall–Kier alpha value is -1.81. The summed E-state index contributed by atoms with van der Waals surface area (Å²) < 4.78 is 0. The van der Waals surface area contributed by atoms with E-state index in [9.17, 15) is 9.59 Å². The maximum Gasteiger partial charge on any atom is 0.328 e. The van der Waals surface area contributed by atoms with Crippen molar-refractivity contribution in [2.75, 3.05) is 0 Å². The number of amides is 1. The van der Waals surface area contributed by atoms with Gasteiger partial charge >= 0.3 is 5.97 Å². The fraction of sp³-hybridized carbons (Fsp3) is 0.333. The van der Waals surface area contributed by atoms with Crippen LogP contribution in [0.4, 0.5) is 0 Å². The molecule has 0 aromatic heterocycles. The standard InChI is InChI=1S/C15H16ClNO3/c16-13-9-11(6-5-10(13)7-8-14(18)19)15(20)17-12-3-1-2-4-12/h5-9,12H,1-4H2,(H,17,20)(H,18,19)/b8-7+. The second-order valence-corrected chi connectivity index (χ2v) is 5.27. The average molecular weight is 294 g/mol. The number of aliphatic carboxylic acids is 1. The van der Waals surface area contributed by atoms with E-state index in [4.69, 9.17) is 16.7 Å². The van der Waals surface area contributed by atoms with E-state index in [2.05, 4.69) is 5.32 Å². The van der Waals surface area contributed by atoms with Crippen LogP contribution < -0.4 is 5.32 Å². The van der Waals surface area contributed by atoms with Gasteiger partial charge in [-0.3, -0.25) is 4.79 Å². The van der Waals surface area contributed by atoms with Gasteiger partial charge in [0.15, 0.2) is 0 Å². The highest BCUT2D eigenvalue weighted by atomic mass is 35.5. The van der Waals surface area contributed by atoms with Gasteiger partial charge in [0, 0.05) is 22.7 Å². The Morgan fingerprint density at radius 3 is 2.60 bits per heavy atom. The van der Waals surface area contributed by atoms with Crippen LogP contribution in [-0.2, 0) is 4.79 Å². The van der Waals surface area contributed by atoms with Crippen LogP contribution in [0.2, 0.25) is 5.02 Å². The second-order valence-electron chi connectivity index (χ2n) is 4.86. The lowest BCUT2D eigenvalue weighted by Crippen LogP contribution is -2.32. The number of nitrogens with one attached hydrogen (secondary N) is 1. The molecule has 2 rings (SSSR count). The Kier molecular flexibility index (Phi) is 4.79. The van der Waals surface area contributed by atoms with Crippen molar-refractivity contribution in [1.29, 1.82) is 0 Å². The summed E-state index contributed by atoms with van der Waals surface area (Å²) in [5.41, 5.74) is 1.07. The van der Waals surface area contributed by atoms with Crippen molar-refractivity contribution in [2.45, 2.75) is 31.7 Å². The van der Waals surface area contributed by atoms with Gasteiger partial charge in [0.05, 0.1) is 0 Å². The van der Waals surface area contributed by atoms with E-state index in [-0.39, 0.29) is 11.9 Å². The number of carboxylic acids is 1. The first-order chi connectivity index (χ1) is 9.56. The molecule has 20 heavy (non-hydrogen) atoms.